The average molecular weight is 576 g/mol. The highest BCUT2D eigenvalue weighted by molar-refractivity contribution is 6.03. The molecule has 218 valence electrons. The van der Waals surface area contributed by atoms with Gasteiger partial charge in [-0.3, -0.25) is 14.5 Å². The number of carbonyl (C=O) groups excluding carboxylic acids is 3. The van der Waals surface area contributed by atoms with E-state index in [2.05, 4.69) is 25.3 Å². The standard InChI is InChI=1S/C25H28F3N9O4/c1-14(38)11-37-22(40)20-21(34(2)24(37)41)31-13-35(20)12-19(39)33-18-7-3-5-16(32-18)15-9-29-23(30-10-15)36-8-4-6-17(36)25(26,27)28/h3,5,7,9-10,13-14,17,20-21,38H,4,6,8,11-12H2,1-2H3,(H,32,33,39)/t14?,17-,20?,21?/m0/s1. The summed E-state index contributed by atoms with van der Waals surface area (Å²) >= 11 is 0. The predicted molar refractivity (Wildman–Crippen MR) is 140 cm³/mol. The molecule has 16 heteroatoms. The number of anilines is 2. The summed E-state index contributed by atoms with van der Waals surface area (Å²) in [4.78, 5) is 60.2. The van der Waals surface area contributed by atoms with Gasteiger partial charge in [-0.25, -0.2) is 24.7 Å². The molecule has 2 fully saturated rings. The van der Waals surface area contributed by atoms with E-state index < -0.39 is 48.4 Å². The third-order valence-electron chi connectivity index (χ3n) is 7.07. The molecule has 13 nitrogen and oxygen atoms in total. The number of aliphatic imine (C=N–C) groups is 1. The number of aromatic nitrogens is 3. The number of nitrogens with one attached hydrogen (secondary N) is 1. The first-order valence-corrected chi connectivity index (χ1v) is 12.9. The van der Waals surface area contributed by atoms with Crippen molar-refractivity contribution in [2.24, 2.45) is 4.99 Å². The number of aliphatic hydroxyl groups is 1. The van der Waals surface area contributed by atoms with E-state index in [1.54, 1.807) is 18.2 Å². The lowest BCUT2D eigenvalue weighted by Gasteiger charge is -2.41. The average Bonchev–Trinajstić information content (AvgIpc) is 3.58. The number of alkyl halides is 3. The zero-order valence-electron chi connectivity index (χ0n) is 22.2. The van der Waals surface area contributed by atoms with Gasteiger partial charge in [-0.2, -0.15) is 13.2 Å². The minimum atomic E-state index is -4.37. The summed E-state index contributed by atoms with van der Waals surface area (Å²) in [6.07, 6.45) is -1.60. The molecule has 41 heavy (non-hydrogen) atoms. The quantitative estimate of drug-likeness (QED) is 0.499. The fraction of sp³-hybridized carbons (Fsp3) is 0.480. The summed E-state index contributed by atoms with van der Waals surface area (Å²) < 4.78 is 40.0. The Hall–Kier alpha value is -4.34. The number of β-amino-alcohol motifs (C(OH)–C–C–N with tert-alkyl or cyclic N) is 1. The van der Waals surface area contributed by atoms with Crippen LogP contribution in [-0.4, -0.2) is 116 Å². The summed E-state index contributed by atoms with van der Waals surface area (Å²) in [5.41, 5.74) is 0.836. The van der Waals surface area contributed by atoms with Gasteiger partial charge in [0.1, 0.15) is 11.9 Å². The van der Waals surface area contributed by atoms with E-state index in [9.17, 15) is 32.7 Å². The second-order valence-electron chi connectivity index (χ2n) is 10.1. The highest BCUT2D eigenvalue weighted by Gasteiger charge is 2.50. The van der Waals surface area contributed by atoms with Gasteiger partial charge in [-0.1, -0.05) is 6.07 Å². The summed E-state index contributed by atoms with van der Waals surface area (Å²) in [6.45, 7) is 1.22. The number of hydrogen-bond acceptors (Lipinski definition) is 10. The summed E-state index contributed by atoms with van der Waals surface area (Å²) in [5, 5.41) is 12.4. The molecule has 4 atom stereocenters. The van der Waals surface area contributed by atoms with Crippen LogP contribution in [0.4, 0.5) is 29.7 Å². The number of pyridine rings is 1. The minimum absolute atomic E-state index is 0.00823. The number of nitrogens with zero attached hydrogens (tertiary/aromatic N) is 8. The number of halogens is 3. The van der Waals surface area contributed by atoms with Crippen LogP contribution in [0.3, 0.4) is 0 Å². The Bertz CT molecular complexity index is 1350. The maximum atomic E-state index is 13.3. The lowest BCUT2D eigenvalue weighted by atomic mass is 10.1. The van der Waals surface area contributed by atoms with E-state index in [0.29, 0.717) is 17.7 Å². The van der Waals surface area contributed by atoms with Crippen molar-refractivity contribution in [3.8, 4) is 11.3 Å². The Kier molecular flexibility index (Phi) is 7.50. The molecule has 5 rings (SSSR count). The Balaban J connectivity index is 1.24. The van der Waals surface area contributed by atoms with E-state index in [1.165, 1.54) is 42.5 Å². The first-order chi connectivity index (χ1) is 19.4. The van der Waals surface area contributed by atoms with Gasteiger partial charge < -0.3 is 25.1 Å². The fourth-order valence-corrected chi connectivity index (χ4v) is 5.15. The molecular formula is C25H28F3N9O4. The maximum absolute atomic E-state index is 13.3. The Morgan fingerprint density at radius 2 is 1.95 bits per heavy atom. The molecule has 3 aliphatic rings. The van der Waals surface area contributed by atoms with E-state index >= 15 is 0 Å². The van der Waals surface area contributed by atoms with Crippen molar-refractivity contribution < 1.29 is 32.7 Å². The van der Waals surface area contributed by atoms with Gasteiger partial charge in [0.15, 0.2) is 12.2 Å². The highest BCUT2D eigenvalue weighted by atomic mass is 19.4. The Labute approximate surface area is 232 Å². The van der Waals surface area contributed by atoms with Crippen molar-refractivity contribution in [2.75, 3.05) is 36.9 Å². The van der Waals surface area contributed by atoms with Crippen molar-refractivity contribution in [1.29, 1.82) is 0 Å². The molecule has 0 saturated carbocycles. The maximum Gasteiger partial charge on any atom is 0.408 e. The molecular weight excluding hydrogens is 547 g/mol. The number of rotatable bonds is 7. The number of carbonyl (C=O) groups is 3. The lowest BCUT2D eigenvalue weighted by Crippen LogP contribution is -2.65. The number of aliphatic hydroxyl groups excluding tert-OH is 1. The van der Waals surface area contributed by atoms with Crippen LogP contribution in [0.5, 0.6) is 0 Å². The van der Waals surface area contributed by atoms with Gasteiger partial charge >= 0.3 is 12.2 Å². The molecule has 2 aromatic heterocycles. The molecule has 3 aliphatic heterocycles. The SMILES string of the molecule is CC(O)CN1C(=O)C2C(N=CN2CC(=O)Nc2cccc(-c3cnc(N4CCC[C@H]4C(F)(F)F)nc3)n2)N(C)C1=O. The summed E-state index contributed by atoms with van der Waals surface area (Å²) in [6, 6.07) is 1.71. The number of fused-ring (bicyclic) bond motifs is 1. The van der Waals surface area contributed by atoms with Gasteiger partial charge in [0.2, 0.25) is 11.9 Å². The van der Waals surface area contributed by atoms with Crippen molar-refractivity contribution in [1.82, 2.24) is 29.7 Å². The zero-order valence-corrected chi connectivity index (χ0v) is 22.2. The monoisotopic (exact) mass is 575 g/mol. The second kappa shape index (κ2) is 10.9. The number of likely N-dealkylation sites (N-methyl/N-ethyl adjacent to an activating group) is 1. The molecule has 2 saturated heterocycles. The zero-order chi connectivity index (χ0) is 29.5. The van der Waals surface area contributed by atoms with Gasteiger partial charge in [0.05, 0.1) is 31.2 Å². The molecule has 3 unspecified atom stereocenters. The third-order valence-corrected chi connectivity index (χ3v) is 7.07. The normalized spacial score (nSPS) is 23.3. The lowest BCUT2D eigenvalue weighted by molar-refractivity contribution is -0.146. The van der Waals surface area contributed by atoms with E-state index in [-0.39, 0.29) is 37.8 Å². The van der Waals surface area contributed by atoms with Crippen LogP contribution < -0.4 is 10.2 Å². The Morgan fingerprint density at radius 1 is 1.22 bits per heavy atom. The van der Waals surface area contributed by atoms with Gasteiger partial charge in [-0.05, 0) is 31.9 Å². The van der Waals surface area contributed by atoms with Crippen molar-refractivity contribution in [2.45, 2.75) is 50.3 Å². The molecule has 2 N–H and O–H groups in total. The van der Waals surface area contributed by atoms with Gasteiger partial charge in [0.25, 0.3) is 5.91 Å². The second-order valence-corrected chi connectivity index (χ2v) is 10.1. The number of hydrogen-bond donors (Lipinski definition) is 2. The van der Waals surface area contributed by atoms with Crippen LogP contribution in [0.15, 0.2) is 35.6 Å². The first-order valence-electron chi connectivity index (χ1n) is 12.9. The van der Waals surface area contributed by atoms with Crippen LogP contribution in [0.25, 0.3) is 11.3 Å². The molecule has 0 radical (unpaired) electrons. The molecule has 0 aliphatic carbocycles. The van der Waals surface area contributed by atoms with Gasteiger partial charge in [0, 0.05) is 31.5 Å². The largest absolute Gasteiger partial charge is 0.408 e. The number of urea groups is 1. The van der Waals surface area contributed by atoms with Crippen LogP contribution in [0.2, 0.25) is 0 Å². The van der Waals surface area contributed by atoms with Crippen molar-refractivity contribution in [3.63, 3.8) is 0 Å². The van der Waals surface area contributed by atoms with Crippen molar-refractivity contribution in [3.05, 3.63) is 30.6 Å². The molecule has 0 bridgehead atoms. The van der Waals surface area contributed by atoms with Gasteiger partial charge in [-0.15, -0.1) is 0 Å². The topological polar surface area (TPSA) is 147 Å². The van der Waals surface area contributed by atoms with Crippen molar-refractivity contribution >= 4 is 36.0 Å². The molecule has 0 aromatic carbocycles. The van der Waals surface area contributed by atoms with Crippen LogP contribution >= 0.6 is 0 Å². The number of imide groups is 1. The first kappa shape index (κ1) is 28.2. The van der Waals surface area contributed by atoms with E-state index in [1.807, 2.05) is 0 Å². The predicted octanol–water partition coefficient (Wildman–Crippen LogP) is 1.32. The molecule has 0 spiro atoms. The summed E-state index contributed by atoms with van der Waals surface area (Å²) in [5.74, 6) is -0.891. The molecule has 2 aromatic rings. The third kappa shape index (κ3) is 5.64. The molecule has 4 amide bonds. The van der Waals surface area contributed by atoms with Crippen LogP contribution in [-0.2, 0) is 9.59 Å². The highest BCUT2D eigenvalue weighted by Crippen LogP contribution is 2.34. The minimum Gasteiger partial charge on any atom is -0.392 e. The smallest absolute Gasteiger partial charge is 0.392 e. The van der Waals surface area contributed by atoms with E-state index in [0.717, 1.165) is 9.80 Å². The number of amides is 4. The molecule has 5 heterocycles. The summed E-state index contributed by atoms with van der Waals surface area (Å²) in [7, 11) is 1.49. The Morgan fingerprint density at radius 3 is 2.63 bits per heavy atom. The van der Waals surface area contributed by atoms with Crippen LogP contribution in [0.1, 0.15) is 19.8 Å². The van der Waals surface area contributed by atoms with Crippen LogP contribution in [0, 0.1) is 0 Å². The van der Waals surface area contributed by atoms with E-state index in [4.69, 9.17) is 0 Å². The fourth-order valence-electron chi connectivity index (χ4n) is 5.15.